The van der Waals surface area contributed by atoms with Crippen molar-refractivity contribution in [3.63, 3.8) is 0 Å². The molecule has 0 radical (unpaired) electrons. The molecule has 0 bridgehead atoms. The Balaban J connectivity index is 1.61. The van der Waals surface area contributed by atoms with E-state index in [1.165, 1.54) is 7.11 Å². The van der Waals surface area contributed by atoms with Gasteiger partial charge in [0.1, 0.15) is 11.5 Å². The van der Waals surface area contributed by atoms with E-state index in [0.717, 1.165) is 28.2 Å². The largest absolute Gasteiger partial charge is 0.507 e. The Labute approximate surface area is 168 Å². The van der Waals surface area contributed by atoms with Crippen molar-refractivity contribution in [3.8, 4) is 23.0 Å². The summed E-state index contributed by atoms with van der Waals surface area (Å²) >= 11 is 0. The van der Waals surface area contributed by atoms with Crippen molar-refractivity contribution in [1.29, 1.82) is 0 Å². The van der Waals surface area contributed by atoms with Gasteiger partial charge in [0, 0.05) is 23.1 Å². The normalized spacial score (nSPS) is 19.8. The molecule has 0 unspecified atom stereocenters. The molecule has 0 saturated carbocycles. The first-order chi connectivity index (χ1) is 14.2. The highest BCUT2D eigenvalue weighted by Crippen LogP contribution is 2.48. The SMILES string of the molecule is COc1cc([C@@H]2Oc3ccccc3[C@@H]3CC(c4ccccc4O)=NN32)ccc1O. The molecule has 3 aromatic carbocycles. The molecule has 6 nitrogen and oxygen atoms in total. The van der Waals surface area contributed by atoms with Gasteiger partial charge in [-0.3, -0.25) is 0 Å². The van der Waals surface area contributed by atoms with E-state index in [4.69, 9.17) is 14.6 Å². The van der Waals surface area contributed by atoms with E-state index >= 15 is 0 Å². The van der Waals surface area contributed by atoms with Crippen LogP contribution in [0, 0.1) is 0 Å². The fourth-order valence-corrected chi connectivity index (χ4v) is 3.98. The summed E-state index contributed by atoms with van der Waals surface area (Å²) in [4.78, 5) is 0. The number of hydrogen-bond donors (Lipinski definition) is 2. The Bertz CT molecular complexity index is 1110. The highest BCUT2D eigenvalue weighted by atomic mass is 16.5. The van der Waals surface area contributed by atoms with Crippen LogP contribution in [-0.4, -0.2) is 28.0 Å². The van der Waals surface area contributed by atoms with Crippen molar-refractivity contribution in [2.75, 3.05) is 7.11 Å². The number of ether oxygens (including phenoxy) is 2. The molecule has 2 aliphatic heterocycles. The van der Waals surface area contributed by atoms with Gasteiger partial charge in [0.05, 0.1) is 18.9 Å². The van der Waals surface area contributed by atoms with Crippen LogP contribution in [0.4, 0.5) is 0 Å². The zero-order chi connectivity index (χ0) is 20.0. The third-order valence-electron chi connectivity index (χ3n) is 5.40. The van der Waals surface area contributed by atoms with Crippen molar-refractivity contribution in [1.82, 2.24) is 5.01 Å². The van der Waals surface area contributed by atoms with E-state index in [0.29, 0.717) is 12.2 Å². The second kappa shape index (κ2) is 6.74. The summed E-state index contributed by atoms with van der Waals surface area (Å²) in [6.07, 6.45) is 0.177. The van der Waals surface area contributed by atoms with Gasteiger partial charge in [-0.1, -0.05) is 30.3 Å². The molecule has 2 heterocycles. The number of hydrogen-bond acceptors (Lipinski definition) is 6. The number of methoxy groups -OCH3 is 1. The first kappa shape index (κ1) is 17.4. The molecule has 0 aliphatic carbocycles. The molecule has 0 amide bonds. The number of nitrogens with zero attached hydrogens (tertiary/aromatic N) is 2. The van der Waals surface area contributed by atoms with Crippen molar-refractivity contribution in [2.45, 2.75) is 18.7 Å². The minimum atomic E-state index is -0.479. The van der Waals surface area contributed by atoms with E-state index in [1.54, 1.807) is 30.3 Å². The number of fused-ring (bicyclic) bond motifs is 3. The summed E-state index contributed by atoms with van der Waals surface area (Å²) in [6.45, 7) is 0. The van der Waals surface area contributed by atoms with Gasteiger partial charge >= 0.3 is 0 Å². The topological polar surface area (TPSA) is 74.5 Å². The second-order valence-electron chi connectivity index (χ2n) is 7.10. The highest BCUT2D eigenvalue weighted by molar-refractivity contribution is 6.04. The van der Waals surface area contributed by atoms with Gasteiger partial charge in [-0.25, -0.2) is 5.01 Å². The molecule has 146 valence electrons. The van der Waals surface area contributed by atoms with E-state index in [-0.39, 0.29) is 17.5 Å². The smallest absolute Gasteiger partial charge is 0.214 e. The predicted molar refractivity (Wildman–Crippen MR) is 108 cm³/mol. The zero-order valence-electron chi connectivity index (χ0n) is 15.8. The fourth-order valence-electron chi connectivity index (χ4n) is 3.98. The molecule has 3 aromatic rings. The van der Waals surface area contributed by atoms with Crippen LogP contribution in [0.25, 0.3) is 0 Å². The lowest BCUT2D eigenvalue weighted by Crippen LogP contribution is -2.33. The number of aromatic hydroxyl groups is 2. The van der Waals surface area contributed by atoms with Gasteiger partial charge in [0.15, 0.2) is 11.5 Å². The lowest BCUT2D eigenvalue weighted by molar-refractivity contribution is -0.0191. The van der Waals surface area contributed by atoms with Gasteiger partial charge in [0.25, 0.3) is 0 Å². The summed E-state index contributed by atoms with van der Waals surface area (Å²) in [5.74, 6) is 1.47. The predicted octanol–water partition coefficient (Wildman–Crippen LogP) is 4.35. The van der Waals surface area contributed by atoms with Crippen molar-refractivity contribution in [2.24, 2.45) is 5.10 Å². The molecule has 2 N–H and O–H groups in total. The molecule has 5 rings (SSSR count). The molecular formula is C23H20N2O4. The lowest BCUT2D eigenvalue weighted by atomic mass is 9.95. The quantitative estimate of drug-likeness (QED) is 0.698. The van der Waals surface area contributed by atoms with Crippen LogP contribution in [0.1, 0.15) is 35.4 Å². The Morgan fingerprint density at radius 2 is 1.79 bits per heavy atom. The van der Waals surface area contributed by atoms with E-state index in [2.05, 4.69) is 0 Å². The zero-order valence-corrected chi connectivity index (χ0v) is 15.8. The standard InChI is InChI=1S/C23H20N2O4/c1-28-22-12-14(10-11-20(22)27)23-25-18(16-7-3-5-9-21(16)29-23)13-17(24-25)15-6-2-4-8-19(15)26/h2-12,18,23,26-27H,13H2,1H3/t18-,23-/m0/s1. The molecule has 6 heteroatoms. The average molecular weight is 388 g/mol. The van der Waals surface area contributed by atoms with Crippen LogP contribution in [0.15, 0.2) is 71.8 Å². The fraction of sp³-hybridized carbons (Fsp3) is 0.174. The molecule has 2 aliphatic rings. The Morgan fingerprint density at radius 1 is 1.00 bits per heavy atom. The Morgan fingerprint density at radius 3 is 2.62 bits per heavy atom. The molecule has 0 fully saturated rings. The van der Waals surface area contributed by atoms with Gasteiger partial charge < -0.3 is 19.7 Å². The second-order valence-corrected chi connectivity index (χ2v) is 7.10. The minimum Gasteiger partial charge on any atom is -0.507 e. The van der Waals surface area contributed by atoms with E-state index < -0.39 is 6.23 Å². The van der Waals surface area contributed by atoms with Crippen LogP contribution >= 0.6 is 0 Å². The number of phenolic OH excluding ortho intramolecular Hbond substituents is 2. The maximum absolute atomic E-state index is 10.3. The minimum absolute atomic E-state index is 0.0145. The van der Waals surface area contributed by atoms with Crippen LogP contribution in [-0.2, 0) is 0 Å². The number of phenols is 2. The van der Waals surface area contributed by atoms with Crippen LogP contribution in [0.2, 0.25) is 0 Å². The molecule has 0 spiro atoms. The molecule has 0 aromatic heterocycles. The van der Waals surface area contributed by atoms with Gasteiger partial charge in [0.2, 0.25) is 6.23 Å². The lowest BCUT2D eigenvalue weighted by Gasteiger charge is -2.38. The number of benzene rings is 3. The third-order valence-corrected chi connectivity index (χ3v) is 5.40. The van der Waals surface area contributed by atoms with Crippen LogP contribution in [0.5, 0.6) is 23.0 Å². The first-order valence-electron chi connectivity index (χ1n) is 9.42. The van der Waals surface area contributed by atoms with E-state index in [9.17, 15) is 10.2 Å². The van der Waals surface area contributed by atoms with E-state index in [1.807, 2.05) is 41.4 Å². The Hall–Kier alpha value is -3.67. The molecule has 0 saturated heterocycles. The number of rotatable bonds is 3. The average Bonchev–Trinajstić information content (AvgIpc) is 3.19. The molecular weight excluding hydrogens is 368 g/mol. The maximum Gasteiger partial charge on any atom is 0.214 e. The van der Waals surface area contributed by atoms with Gasteiger partial charge in [-0.05, 0) is 36.4 Å². The third kappa shape index (κ3) is 2.84. The summed E-state index contributed by atoms with van der Waals surface area (Å²) in [5, 5.41) is 27.0. The summed E-state index contributed by atoms with van der Waals surface area (Å²) < 4.78 is 11.6. The van der Waals surface area contributed by atoms with Crippen molar-refractivity contribution < 1.29 is 19.7 Å². The van der Waals surface area contributed by atoms with Gasteiger partial charge in [-0.2, -0.15) is 5.10 Å². The molecule has 29 heavy (non-hydrogen) atoms. The Kier molecular flexibility index (Phi) is 4.05. The van der Waals surface area contributed by atoms with Crippen molar-refractivity contribution >= 4 is 5.71 Å². The first-order valence-corrected chi connectivity index (χ1v) is 9.42. The van der Waals surface area contributed by atoms with Crippen molar-refractivity contribution in [3.05, 3.63) is 83.4 Å². The maximum atomic E-state index is 10.3. The summed E-state index contributed by atoms with van der Waals surface area (Å²) in [7, 11) is 1.52. The monoisotopic (exact) mass is 388 g/mol. The summed E-state index contributed by atoms with van der Waals surface area (Å²) in [5.41, 5.74) is 3.41. The number of para-hydroxylation sites is 2. The van der Waals surface area contributed by atoms with Gasteiger partial charge in [-0.15, -0.1) is 0 Å². The summed E-state index contributed by atoms with van der Waals surface area (Å²) in [6, 6.07) is 20.3. The van der Waals surface area contributed by atoms with Crippen LogP contribution in [0.3, 0.4) is 0 Å². The highest BCUT2D eigenvalue weighted by Gasteiger charge is 2.41. The number of hydrazone groups is 1. The molecule has 2 atom stereocenters. The van der Waals surface area contributed by atoms with Crippen LogP contribution < -0.4 is 9.47 Å².